The predicted molar refractivity (Wildman–Crippen MR) is 69.2 cm³/mol. The lowest BCUT2D eigenvalue weighted by Gasteiger charge is -2.23. The Morgan fingerprint density at radius 1 is 1.24 bits per heavy atom. The standard InChI is InChI=1S/C11H24N2O3S/c1-9(2)8-11(14)12-6-7-13(10(3)4)17(5,15)16/h9-10H,6-8H2,1-5H3,(H,12,14). The Labute approximate surface area is 105 Å². The molecule has 0 aliphatic heterocycles. The van der Waals surface area contributed by atoms with Crippen molar-refractivity contribution in [2.24, 2.45) is 5.92 Å². The van der Waals surface area contributed by atoms with Gasteiger partial charge in [0.25, 0.3) is 0 Å². The third-order valence-corrected chi connectivity index (χ3v) is 3.71. The number of carbonyl (C=O) groups is 1. The summed E-state index contributed by atoms with van der Waals surface area (Å²) in [5.74, 6) is 0.281. The third-order valence-electron chi connectivity index (χ3n) is 2.25. The molecular weight excluding hydrogens is 240 g/mol. The van der Waals surface area contributed by atoms with Gasteiger partial charge in [-0.15, -0.1) is 0 Å². The number of rotatable bonds is 7. The van der Waals surface area contributed by atoms with Crippen LogP contribution in [0.5, 0.6) is 0 Å². The average Bonchev–Trinajstić information content (AvgIpc) is 2.08. The van der Waals surface area contributed by atoms with Crippen molar-refractivity contribution in [2.45, 2.75) is 40.2 Å². The number of sulfonamides is 1. The molecule has 0 aromatic heterocycles. The van der Waals surface area contributed by atoms with Crippen molar-refractivity contribution in [3.05, 3.63) is 0 Å². The second kappa shape index (κ2) is 6.96. The van der Waals surface area contributed by atoms with E-state index in [1.165, 1.54) is 10.6 Å². The molecule has 0 radical (unpaired) electrons. The Bertz CT molecular complexity index is 337. The lowest BCUT2D eigenvalue weighted by Crippen LogP contribution is -2.41. The molecule has 0 bridgehead atoms. The normalized spacial score (nSPS) is 12.5. The van der Waals surface area contributed by atoms with Crippen LogP contribution >= 0.6 is 0 Å². The van der Waals surface area contributed by atoms with Crippen molar-refractivity contribution >= 4 is 15.9 Å². The Hall–Kier alpha value is -0.620. The van der Waals surface area contributed by atoms with E-state index in [1.54, 1.807) is 0 Å². The van der Waals surface area contributed by atoms with Crippen LogP contribution in [-0.4, -0.2) is 44.0 Å². The van der Waals surface area contributed by atoms with Crippen LogP contribution in [0.2, 0.25) is 0 Å². The highest BCUT2D eigenvalue weighted by Gasteiger charge is 2.19. The largest absolute Gasteiger partial charge is 0.355 e. The first kappa shape index (κ1) is 16.4. The first-order valence-electron chi connectivity index (χ1n) is 5.88. The first-order chi connectivity index (χ1) is 7.64. The lowest BCUT2D eigenvalue weighted by atomic mass is 10.1. The molecule has 0 heterocycles. The van der Waals surface area contributed by atoms with E-state index in [-0.39, 0.29) is 11.9 Å². The zero-order valence-corrected chi connectivity index (χ0v) is 12.2. The molecule has 0 atom stereocenters. The number of nitrogens with one attached hydrogen (secondary N) is 1. The van der Waals surface area contributed by atoms with Gasteiger partial charge < -0.3 is 5.32 Å². The van der Waals surface area contributed by atoms with Gasteiger partial charge in [-0.05, 0) is 19.8 Å². The number of nitrogens with zero attached hydrogens (tertiary/aromatic N) is 1. The molecule has 0 spiro atoms. The van der Waals surface area contributed by atoms with Gasteiger partial charge in [0.05, 0.1) is 6.26 Å². The van der Waals surface area contributed by atoms with Gasteiger partial charge in [0.1, 0.15) is 0 Å². The molecule has 0 aliphatic rings. The molecule has 1 N–H and O–H groups in total. The van der Waals surface area contributed by atoms with E-state index in [4.69, 9.17) is 0 Å². The Morgan fingerprint density at radius 3 is 2.12 bits per heavy atom. The fourth-order valence-electron chi connectivity index (χ4n) is 1.56. The lowest BCUT2D eigenvalue weighted by molar-refractivity contribution is -0.121. The zero-order chi connectivity index (χ0) is 13.6. The minimum atomic E-state index is -3.20. The summed E-state index contributed by atoms with van der Waals surface area (Å²) >= 11 is 0. The van der Waals surface area contributed by atoms with E-state index in [0.717, 1.165) is 0 Å². The maximum atomic E-state index is 11.4. The van der Waals surface area contributed by atoms with E-state index in [1.807, 2.05) is 27.7 Å². The van der Waals surface area contributed by atoms with Gasteiger partial charge >= 0.3 is 0 Å². The third kappa shape index (κ3) is 7.33. The van der Waals surface area contributed by atoms with E-state index < -0.39 is 10.0 Å². The van der Waals surface area contributed by atoms with Crippen molar-refractivity contribution in [3.8, 4) is 0 Å². The molecule has 6 heteroatoms. The molecule has 17 heavy (non-hydrogen) atoms. The monoisotopic (exact) mass is 264 g/mol. The predicted octanol–water partition coefficient (Wildman–Crippen LogP) is 0.819. The summed E-state index contributed by atoms with van der Waals surface area (Å²) in [7, 11) is -3.20. The van der Waals surface area contributed by atoms with Crippen LogP contribution in [0.25, 0.3) is 0 Å². The maximum absolute atomic E-state index is 11.4. The first-order valence-corrected chi connectivity index (χ1v) is 7.73. The molecule has 0 unspecified atom stereocenters. The Balaban J connectivity index is 4.13. The number of hydrogen-bond donors (Lipinski definition) is 1. The van der Waals surface area contributed by atoms with Crippen LogP contribution in [0.3, 0.4) is 0 Å². The van der Waals surface area contributed by atoms with Crippen LogP contribution in [0.15, 0.2) is 0 Å². The van der Waals surface area contributed by atoms with Crippen LogP contribution in [0.1, 0.15) is 34.1 Å². The molecule has 0 fully saturated rings. The topological polar surface area (TPSA) is 66.5 Å². The van der Waals surface area contributed by atoms with E-state index in [2.05, 4.69) is 5.32 Å². The molecule has 0 aromatic carbocycles. The van der Waals surface area contributed by atoms with E-state index >= 15 is 0 Å². The molecule has 0 saturated carbocycles. The van der Waals surface area contributed by atoms with Crippen LogP contribution in [0, 0.1) is 5.92 Å². The van der Waals surface area contributed by atoms with Crippen LogP contribution in [-0.2, 0) is 14.8 Å². The molecule has 0 saturated heterocycles. The second-order valence-corrected chi connectivity index (χ2v) is 6.85. The van der Waals surface area contributed by atoms with Gasteiger partial charge in [-0.25, -0.2) is 8.42 Å². The highest BCUT2D eigenvalue weighted by atomic mass is 32.2. The number of carbonyl (C=O) groups excluding carboxylic acids is 1. The Morgan fingerprint density at radius 2 is 1.76 bits per heavy atom. The van der Waals surface area contributed by atoms with Crippen molar-refractivity contribution in [2.75, 3.05) is 19.3 Å². The van der Waals surface area contributed by atoms with Crippen molar-refractivity contribution in [1.82, 2.24) is 9.62 Å². The Kier molecular flexibility index (Phi) is 6.70. The van der Waals surface area contributed by atoms with Gasteiger partial charge in [0.2, 0.25) is 15.9 Å². The summed E-state index contributed by atoms with van der Waals surface area (Å²) < 4.78 is 24.3. The molecular formula is C11H24N2O3S. The van der Waals surface area contributed by atoms with Gasteiger partial charge in [0, 0.05) is 25.6 Å². The fourth-order valence-corrected chi connectivity index (χ4v) is 2.74. The number of amides is 1. The smallest absolute Gasteiger partial charge is 0.220 e. The minimum absolute atomic E-state index is 0.0304. The zero-order valence-electron chi connectivity index (χ0n) is 11.4. The maximum Gasteiger partial charge on any atom is 0.220 e. The molecule has 0 rings (SSSR count). The minimum Gasteiger partial charge on any atom is -0.355 e. The number of hydrogen-bond acceptors (Lipinski definition) is 3. The summed E-state index contributed by atoms with van der Waals surface area (Å²) in [4.78, 5) is 11.4. The fraction of sp³-hybridized carbons (Fsp3) is 0.909. The van der Waals surface area contributed by atoms with Gasteiger partial charge in [-0.3, -0.25) is 4.79 Å². The molecule has 0 aromatic rings. The van der Waals surface area contributed by atoms with Crippen molar-refractivity contribution in [1.29, 1.82) is 0 Å². The highest BCUT2D eigenvalue weighted by molar-refractivity contribution is 7.88. The summed E-state index contributed by atoms with van der Waals surface area (Å²) in [6, 6.07) is -0.0907. The summed E-state index contributed by atoms with van der Waals surface area (Å²) in [5.41, 5.74) is 0. The van der Waals surface area contributed by atoms with Crippen LogP contribution < -0.4 is 5.32 Å². The van der Waals surface area contributed by atoms with Crippen LogP contribution in [0.4, 0.5) is 0 Å². The van der Waals surface area contributed by atoms with E-state index in [0.29, 0.717) is 25.4 Å². The summed E-state index contributed by atoms with van der Waals surface area (Å²) in [6.07, 6.45) is 1.66. The highest BCUT2D eigenvalue weighted by Crippen LogP contribution is 2.04. The van der Waals surface area contributed by atoms with Crippen molar-refractivity contribution in [3.63, 3.8) is 0 Å². The molecule has 0 aliphatic carbocycles. The quantitative estimate of drug-likeness (QED) is 0.740. The molecule has 102 valence electrons. The summed E-state index contributed by atoms with van der Waals surface area (Å²) in [5, 5.41) is 2.73. The van der Waals surface area contributed by atoms with Gasteiger partial charge in [0.15, 0.2) is 0 Å². The summed E-state index contributed by atoms with van der Waals surface area (Å²) in [6.45, 7) is 8.25. The van der Waals surface area contributed by atoms with Crippen molar-refractivity contribution < 1.29 is 13.2 Å². The van der Waals surface area contributed by atoms with E-state index in [9.17, 15) is 13.2 Å². The van der Waals surface area contributed by atoms with Gasteiger partial charge in [-0.1, -0.05) is 13.8 Å². The van der Waals surface area contributed by atoms with Gasteiger partial charge in [-0.2, -0.15) is 4.31 Å². The molecule has 1 amide bonds. The SMILES string of the molecule is CC(C)CC(=O)NCCN(C(C)C)S(C)(=O)=O. The molecule has 5 nitrogen and oxygen atoms in total. The average molecular weight is 264 g/mol. The second-order valence-electron chi connectivity index (χ2n) is 4.92.